The van der Waals surface area contributed by atoms with Crippen LogP contribution in [0, 0.1) is 5.82 Å². The van der Waals surface area contributed by atoms with Crippen LogP contribution in [0.3, 0.4) is 0 Å². The van der Waals surface area contributed by atoms with E-state index in [1.807, 2.05) is 0 Å². The van der Waals surface area contributed by atoms with E-state index in [0.717, 1.165) is 24.8 Å². The molecule has 1 aromatic carbocycles. The van der Waals surface area contributed by atoms with E-state index in [2.05, 4.69) is 4.99 Å². The van der Waals surface area contributed by atoms with Gasteiger partial charge in [-0.15, -0.1) is 0 Å². The highest BCUT2D eigenvalue weighted by atomic mass is 19.1. The molecule has 0 saturated heterocycles. The Morgan fingerprint density at radius 3 is 2.36 bits per heavy atom. The van der Waals surface area contributed by atoms with Crippen LogP contribution in [0.15, 0.2) is 29.3 Å². The summed E-state index contributed by atoms with van der Waals surface area (Å²) >= 11 is 0. The average molecular weight is 191 g/mol. The number of aliphatic imine (C=N–C) groups is 1. The SMILES string of the molecule is O=C=NC1(c2ccc(F)cc2)CCC1. The van der Waals surface area contributed by atoms with Gasteiger partial charge in [0.05, 0.1) is 5.54 Å². The van der Waals surface area contributed by atoms with Crippen LogP contribution in [0.4, 0.5) is 4.39 Å². The van der Waals surface area contributed by atoms with E-state index >= 15 is 0 Å². The molecule has 0 aromatic heterocycles. The van der Waals surface area contributed by atoms with Crippen molar-refractivity contribution >= 4 is 6.08 Å². The molecule has 1 saturated carbocycles. The zero-order valence-electron chi connectivity index (χ0n) is 7.66. The molecule has 72 valence electrons. The lowest BCUT2D eigenvalue weighted by Crippen LogP contribution is -2.31. The quantitative estimate of drug-likeness (QED) is 0.521. The minimum absolute atomic E-state index is 0.265. The number of isocyanates is 1. The molecule has 1 aromatic rings. The molecule has 0 unspecified atom stereocenters. The second kappa shape index (κ2) is 3.35. The number of carbonyl (C=O) groups excluding carboxylic acids is 1. The van der Waals surface area contributed by atoms with Crippen LogP contribution < -0.4 is 0 Å². The molecule has 0 spiro atoms. The summed E-state index contributed by atoms with van der Waals surface area (Å²) < 4.78 is 12.7. The fourth-order valence-corrected chi connectivity index (χ4v) is 1.82. The lowest BCUT2D eigenvalue weighted by molar-refractivity contribution is 0.256. The Labute approximate surface area is 81.5 Å². The average Bonchev–Trinajstić information content (AvgIpc) is 2.13. The minimum Gasteiger partial charge on any atom is -0.211 e. The molecule has 1 fully saturated rings. The monoisotopic (exact) mass is 191 g/mol. The van der Waals surface area contributed by atoms with E-state index < -0.39 is 5.54 Å². The predicted molar refractivity (Wildman–Crippen MR) is 50.1 cm³/mol. The number of benzene rings is 1. The first-order chi connectivity index (χ1) is 6.77. The van der Waals surface area contributed by atoms with Gasteiger partial charge >= 0.3 is 0 Å². The highest BCUT2D eigenvalue weighted by Gasteiger charge is 2.38. The molecule has 14 heavy (non-hydrogen) atoms. The third kappa shape index (κ3) is 1.36. The number of nitrogens with zero attached hydrogens (tertiary/aromatic N) is 1. The van der Waals surface area contributed by atoms with Gasteiger partial charge in [-0.3, -0.25) is 0 Å². The van der Waals surface area contributed by atoms with Gasteiger partial charge in [0, 0.05) is 0 Å². The second-order valence-corrected chi connectivity index (χ2v) is 3.60. The molecule has 0 atom stereocenters. The van der Waals surface area contributed by atoms with Crippen molar-refractivity contribution in [2.24, 2.45) is 4.99 Å². The highest BCUT2D eigenvalue weighted by Crippen LogP contribution is 2.44. The lowest BCUT2D eigenvalue weighted by atomic mass is 9.72. The van der Waals surface area contributed by atoms with Crippen molar-refractivity contribution < 1.29 is 9.18 Å². The summed E-state index contributed by atoms with van der Waals surface area (Å²) in [6, 6.07) is 6.18. The fraction of sp³-hybridized carbons (Fsp3) is 0.364. The maximum absolute atomic E-state index is 12.7. The third-order valence-electron chi connectivity index (χ3n) is 2.82. The normalized spacial score (nSPS) is 18.1. The second-order valence-electron chi connectivity index (χ2n) is 3.60. The van der Waals surface area contributed by atoms with Crippen molar-refractivity contribution in [3.05, 3.63) is 35.6 Å². The number of hydrogen-bond donors (Lipinski definition) is 0. The smallest absolute Gasteiger partial charge is 0.211 e. The van der Waals surface area contributed by atoms with Crippen LogP contribution in [0.1, 0.15) is 24.8 Å². The van der Waals surface area contributed by atoms with Crippen molar-refractivity contribution in [2.75, 3.05) is 0 Å². The van der Waals surface area contributed by atoms with Crippen LogP contribution in [-0.2, 0) is 10.3 Å². The molecular weight excluding hydrogens is 181 g/mol. The van der Waals surface area contributed by atoms with Crippen molar-refractivity contribution in [3.63, 3.8) is 0 Å². The maximum atomic E-state index is 12.7. The van der Waals surface area contributed by atoms with Gasteiger partial charge in [-0.2, -0.15) is 4.99 Å². The van der Waals surface area contributed by atoms with Gasteiger partial charge in [0.25, 0.3) is 0 Å². The summed E-state index contributed by atoms with van der Waals surface area (Å²) in [6.07, 6.45) is 4.37. The molecule has 2 rings (SSSR count). The van der Waals surface area contributed by atoms with E-state index in [1.54, 1.807) is 18.2 Å². The summed E-state index contributed by atoms with van der Waals surface area (Å²) in [5.74, 6) is -0.265. The molecule has 1 aliphatic carbocycles. The van der Waals surface area contributed by atoms with E-state index in [-0.39, 0.29) is 5.82 Å². The highest BCUT2D eigenvalue weighted by molar-refractivity contribution is 5.39. The number of halogens is 1. The Hall–Kier alpha value is -1.47. The first kappa shape index (κ1) is 9.10. The molecule has 0 aliphatic heterocycles. The molecule has 1 aliphatic rings. The van der Waals surface area contributed by atoms with Crippen LogP contribution in [0.2, 0.25) is 0 Å². The Kier molecular flexibility index (Phi) is 2.18. The van der Waals surface area contributed by atoms with E-state index in [1.165, 1.54) is 12.1 Å². The van der Waals surface area contributed by atoms with Crippen LogP contribution >= 0.6 is 0 Å². The van der Waals surface area contributed by atoms with E-state index in [0.29, 0.717) is 0 Å². The first-order valence-electron chi connectivity index (χ1n) is 4.62. The van der Waals surface area contributed by atoms with Crippen molar-refractivity contribution in [2.45, 2.75) is 24.8 Å². The Morgan fingerprint density at radius 2 is 1.93 bits per heavy atom. The molecule has 3 heteroatoms. The molecule has 0 bridgehead atoms. The van der Waals surface area contributed by atoms with Crippen molar-refractivity contribution in [3.8, 4) is 0 Å². The summed E-state index contributed by atoms with van der Waals surface area (Å²) in [6.45, 7) is 0. The molecular formula is C11H10FNO. The predicted octanol–water partition coefficient (Wildman–Crippen LogP) is 2.54. The van der Waals surface area contributed by atoms with Gasteiger partial charge in [0.1, 0.15) is 5.82 Å². The van der Waals surface area contributed by atoms with E-state index in [4.69, 9.17) is 0 Å². The first-order valence-corrected chi connectivity index (χ1v) is 4.62. The Bertz CT molecular complexity index is 375. The Morgan fingerprint density at radius 1 is 1.29 bits per heavy atom. The summed E-state index contributed by atoms with van der Waals surface area (Å²) in [5.41, 5.74) is 0.503. The van der Waals surface area contributed by atoms with Gasteiger partial charge in [0.15, 0.2) is 0 Å². The van der Waals surface area contributed by atoms with Crippen LogP contribution in [0.25, 0.3) is 0 Å². The lowest BCUT2D eigenvalue weighted by Gasteiger charge is -2.37. The molecule has 0 amide bonds. The zero-order valence-corrected chi connectivity index (χ0v) is 7.66. The topological polar surface area (TPSA) is 29.4 Å². The zero-order chi connectivity index (χ0) is 10.0. The van der Waals surface area contributed by atoms with Gasteiger partial charge in [-0.25, -0.2) is 9.18 Å². The van der Waals surface area contributed by atoms with Crippen LogP contribution in [-0.4, -0.2) is 6.08 Å². The van der Waals surface area contributed by atoms with Crippen LogP contribution in [0.5, 0.6) is 0 Å². The largest absolute Gasteiger partial charge is 0.235 e. The van der Waals surface area contributed by atoms with Crippen molar-refractivity contribution in [1.29, 1.82) is 0 Å². The summed E-state index contributed by atoms with van der Waals surface area (Å²) in [7, 11) is 0. The summed E-state index contributed by atoms with van der Waals surface area (Å²) in [4.78, 5) is 14.1. The fourth-order valence-electron chi connectivity index (χ4n) is 1.82. The van der Waals surface area contributed by atoms with Gasteiger partial charge in [-0.05, 0) is 37.0 Å². The number of rotatable bonds is 2. The summed E-state index contributed by atoms with van der Waals surface area (Å²) in [5, 5.41) is 0. The number of hydrogen-bond acceptors (Lipinski definition) is 2. The minimum atomic E-state index is -0.407. The molecule has 0 heterocycles. The van der Waals surface area contributed by atoms with Gasteiger partial charge in [0.2, 0.25) is 6.08 Å². The van der Waals surface area contributed by atoms with Gasteiger partial charge < -0.3 is 0 Å². The standard InChI is InChI=1S/C11H10FNO/c12-10-4-2-9(3-5-10)11(13-8-14)6-1-7-11/h2-5H,1,6-7H2. The molecule has 0 N–H and O–H groups in total. The van der Waals surface area contributed by atoms with E-state index in [9.17, 15) is 9.18 Å². The maximum Gasteiger partial charge on any atom is 0.235 e. The van der Waals surface area contributed by atoms with Crippen molar-refractivity contribution in [1.82, 2.24) is 0 Å². The molecule has 2 nitrogen and oxygen atoms in total. The Balaban J connectivity index is 2.36. The third-order valence-corrected chi connectivity index (χ3v) is 2.82. The molecule has 0 radical (unpaired) electrons. The van der Waals surface area contributed by atoms with Gasteiger partial charge in [-0.1, -0.05) is 12.1 Å².